The lowest BCUT2D eigenvalue weighted by atomic mass is 10.1. The normalized spacial score (nSPS) is 11.5. The molecule has 1 aromatic carbocycles. The Kier molecular flexibility index (Phi) is 5.06. The summed E-state index contributed by atoms with van der Waals surface area (Å²) in [6.45, 7) is 5.49. The van der Waals surface area contributed by atoms with Crippen molar-refractivity contribution in [2.75, 3.05) is 13.2 Å². The van der Waals surface area contributed by atoms with E-state index in [1.807, 2.05) is 6.07 Å². The van der Waals surface area contributed by atoms with Gasteiger partial charge in [-0.3, -0.25) is 9.36 Å². The van der Waals surface area contributed by atoms with Crippen molar-refractivity contribution in [1.29, 1.82) is 0 Å². The van der Waals surface area contributed by atoms with Crippen LogP contribution in [-0.2, 0) is 13.6 Å². The summed E-state index contributed by atoms with van der Waals surface area (Å²) >= 11 is 0. The Balaban J connectivity index is 3.09. The molecule has 0 amide bonds. The zero-order valence-corrected chi connectivity index (χ0v) is 11.2. The van der Waals surface area contributed by atoms with Crippen LogP contribution in [0.2, 0.25) is 0 Å². The van der Waals surface area contributed by atoms with Crippen LogP contribution in [0.5, 0.6) is 0 Å². The molecule has 4 nitrogen and oxygen atoms in total. The van der Waals surface area contributed by atoms with E-state index in [2.05, 4.69) is 0 Å². The second-order valence-electron chi connectivity index (χ2n) is 3.45. The average molecular weight is 256 g/mol. The summed E-state index contributed by atoms with van der Waals surface area (Å²) in [5.74, 6) is 0. The van der Waals surface area contributed by atoms with Gasteiger partial charge in [0, 0.05) is 5.56 Å². The van der Waals surface area contributed by atoms with Crippen LogP contribution >= 0.6 is 7.60 Å². The maximum Gasteiger partial charge on any atom is 0.401 e. The van der Waals surface area contributed by atoms with E-state index < -0.39 is 13.1 Å². The monoisotopic (exact) mass is 256 g/mol. The molecule has 0 aliphatic rings. The Hall–Kier alpha value is -0.960. The van der Waals surface area contributed by atoms with E-state index in [0.29, 0.717) is 5.56 Å². The molecule has 1 rings (SSSR count). The highest BCUT2D eigenvalue weighted by atomic mass is 31.2. The molecule has 1 aromatic rings. The lowest BCUT2D eigenvalue weighted by molar-refractivity contribution is 0.100. The van der Waals surface area contributed by atoms with Crippen molar-refractivity contribution >= 4 is 13.1 Å². The fourth-order valence-corrected chi connectivity index (χ4v) is 2.99. The molecule has 0 bridgehead atoms. The predicted molar refractivity (Wildman–Crippen MR) is 66.4 cm³/mol. The first-order valence-electron chi connectivity index (χ1n) is 5.54. The molecule has 94 valence electrons. The van der Waals surface area contributed by atoms with Gasteiger partial charge in [0.15, 0.2) is 0 Å². The fraction of sp³-hybridized carbons (Fsp3) is 0.417. The van der Waals surface area contributed by atoms with Gasteiger partial charge in [-0.15, -0.1) is 0 Å². The van der Waals surface area contributed by atoms with Crippen LogP contribution in [0.4, 0.5) is 0 Å². The Morgan fingerprint density at radius 3 is 2.18 bits per heavy atom. The van der Waals surface area contributed by atoms with E-state index >= 15 is 0 Å². The van der Waals surface area contributed by atoms with Crippen LogP contribution in [-0.4, -0.2) is 18.7 Å². The van der Waals surface area contributed by atoms with E-state index in [1.54, 1.807) is 39.0 Å². The van der Waals surface area contributed by atoms with Crippen LogP contribution in [0.15, 0.2) is 24.3 Å². The highest BCUT2D eigenvalue weighted by molar-refractivity contribution is 7.72. The molecule has 0 aliphatic carbocycles. The largest absolute Gasteiger partial charge is 0.401 e. The van der Waals surface area contributed by atoms with Gasteiger partial charge in [-0.25, -0.2) is 0 Å². The summed E-state index contributed by atoms with van der Waals surface area (Å²) in [7, 11) is -3.70. The Bertz CT molecular complexity index is 432. The molecular weight excluding hydrogens is 239 g/mol. The number of carbonyl (C=O) groups is 1. The minimum atomic E-state index is -3.70. The van der Waals surface area contributed by atoms with Crippen LogP contribution in [0, 0.1) is 6.92 Å². The van der Waals surface area contributed by atoms with Gasteiger partial charge in [-0.05, 0) is 26.3 Å². The first kappa shape index (κ1) is 14.1. The molecule has 0 N–H and O–H groups in total. The molecule has 0 saturated heterocycles. The van der Waals surface area contributed by atoms with Crippen molar-refractivity contribution in [3.05, 3.63) is 35.4 Å². The molecule has 0 atom stereocenters. The summed E-state index contributed by atoms with van der Waals surface area (Å²) in [5.41, 5.74) is 0.578. The quantitative estimate of drug-likeness (QED) is 0.732. The zero-order chi connectivity index (χ0) is 12.9. The number of hydrogen-bond acceptors (Lipinski definition) is 4. The molecule has 17 heavy (non-hydrogen) atoms. The molecule has 0 aliphatic heterocycles. The molecule has 0 fully saturated rings. The Morgan fingerprint density at radius 2 is 1.71 bits per heavy atom. The summed E-state index contributed by atoms with van der Waals surface area (Å²) in [4.78, 5) is 12.2. The smallest absolute Gasteiger partial charge is 0.303 e. The summed E-state index contributed by atoms with van der Waals surface area (Å²) < 4.78 is 22.3. The third-order valence-corrected chi connectivity index (χ3v) is 4.16. The van der Waals surface area contributed by atoms with Gasteiger partial charge in [0.2, 0.25) is 0 Å². The molecule has 5 heteroatoms. The number of benzene rings is 1. The molecule has 0 spiro atoms. The van der Waals surface area contributed by atoms with Crippen LogP contribution in [0.3, 0.4) is 0 Å². The minimum Gasteiger partial charge on any atom is -0.303 e. The third-order valence-electron chi connectivity index (χ3n) is 2.22. The molecule has 0 radical (unpaired) electrons. The van der Waals surface area contributed by atoms with E-state index in [4.69, 9.17) is 9.05 Å². The third kappa shape index (κ3) is 3.25. The highest BCUT2D eigenvalue weighted by Gasteiger charge is 2.35. The molecule has 0 saturated carbocycles. The Labute approximate surface area is 101 Å². The standard InChI is InChI=1S/C12H17O4P/c1-4-15-17(14,16-5-2)12(13)11-9-7-6-8-10(11)3/h6-9H,4-5H2,1-3H3. The van der Waals surface area contributed by atoms with Gasteiger partial charge in [0.05, 0.1) is 13.2 Å². The molecular formula is C12H17O4P. The van der Waals surface area contributed by atoms with Crippen LogP contribution in [0.1, 0.15) is 29.8 Å². The first-order valence-corrected chi connectivity index (χ1v) is 7.09. The number of carbonyl (C=O) groups excluding carboxylic acids is 1. The predicted octanol–water partition coefficient (Wildman–Crippen LogP) is 3.40. The lowest BCUT2D eigenvalue weighted by Crippen LogP contribution is -2.08. The maximum atomic E-state index is 12.3. The second-order valence-corrected chi connectivity index (χ2v) is 5.37. The van der Waals surface area contributed by atoms with Gasteiger partial charge in [0.25, 0.3) is 5.52 Å². The van der Waals surface area contributed by atoms with Gasteiger partial charge in [-0.2, -0.15) is 0 Å². The summed E-state index contributed by atoms with van der Waals surface area (Å²) in [5, 5.41) is 0. The van der Waals surface area contributed by atoms with Crippen molar-refractivity contribution in [3.8, 4) is 0 Å². The van der Waals surface area contributed by atoms with Crippen molar-refractivity contribution in [3.63, 3.8) is 0 Å². The highest BCUT2D eigenvalue weighted by Crippen LogP contribution is 2.51. The van der Waals surface area contributed by atoms with E-state index in [9.17, 15) is 9.36 Å². The van der Waals surface area contributed by atoms with Gasteiger partial charge in [0.1, 0.15) is 0 Å². The van der Waals surface area contributed by atoms with Crippen molar-refractivity contribution in [1.82, 2.24) is 0 Å². The average Bonchev–Trinajstić information content (AvgIpc) is 2.29. The molecule has 0 aromatic heterocycles. The van der Waals surface area contributed by atoms with E-state index in [-0.39, 0.29) is 13.2 Å². The maximum absolute atomic E-state index is 12.3. The molecule has 0 unspecified atom stereocenters. The number of rotatable bonds is 6. The number of aryl methyl sites for hydroxylation is 1. The van der Waals surface area contributed by atoms with Gasteiger partial charge >= 0.3 is 7.60 Å². The Morgan fingerprint density at radius 1 is 1.18 bits per heavy atom. The molecule has 0 heterocycles. The van der Waals surface area contributed by atoms with E-state index in [0.717, 1.165) is 5.56 Å². The van der Waals surface area contributed by atoms with Gasteiger partial charge in [-0.1, -0.05) is 24.3 Å². The number of hydrogen-bond donors (Lipinski definition) is 0. The van der Waals surface area contributed by atoms with Crippen molar-refractivity contribution in [2.45, 2.75) is 20.8 Å². The van der Waals surface area contributed by atoms with Gasteiger partial charge < -0.3 is 9.05 Å². The first-order chi connectivity index (χ1) is 8.05. The summed E-state index contributed by atoms with van der Waals surface area (Å²) in [6.07, 6.45) is 0. The minimum absolute atomic E-state index is 0.175. The fourth-order valence-electron chi connectivity index (χ4n) is 1.45. The topological polar surface area (TPSA) is 52.6 Å². The lowest BCUT2D eigenvalue weighted by Gasteiger charge is -2.16. The zero-order valence-electron chi connectivity index (χ0n) is 10.3. The van der Waals surface area contributed by atoms with E-state index in [1.165, 1.54) is 0 Å². The van der Waals surface area contributed by atoms with Crippen LogP contribution < -0.4 is 0 Å². The summed E-state index contributed by atoms with van der Waals surface area (Å²) in [6, 6.07) is 6.96. The van der Waals surface area contributed by atoms with Crippen LogP contribution in [0.25, 0.3) is 0 Å². The SMILES string of the molecule is CCOP(=O)(OCC)C(=O)c1ccccc1C. The van der Waals surface area contributed by atoms with Crippen molar-refractivity contribution in [2.24, 2.45) is 0 Å². The second kappa shape index (κ2) is 6.10. The van der Waals surface area contributed by atoms with Crippen molar-refractivity contribution < 1.29 is 18.4 Å².